The zero-order chi connectivity index (χ0) is 15.4. The lowest BCUT2D eigenvalue weighted by Crippen LogP contribution is -2.18. The third-order valence-electron chi connectivity index (χ3n) is 2.20. The van der Waals surface area contributed by atoms with Crippen LogP contribution in [0.4, 0.5) is 0 Å². The molecule has 0 fully saturated rings. The Hall–Kier alpha value is -0.360. The van der Waals surface area contributed by atoms with E-state index in [4.69, 9.17) is 34.1 Å². The van der Waals surface area contributed by atoms with Crippen LogP contribution in [0, 0.1) is 0 Å². The first-order chi connectivity index (χ1) is 10.4. The smallest absolute Gasteiger partial charge is 0.0701 e. The number of rotatable bonds is 18. The molecule has 0 saturated carbocycles. The lowest BCUT2D eigenvalue weighted by Gasteiger charge is -2.07. The molecule has 0 radical (unpaired) electrons. The minimum atomic E-state index is 0.409. The molecule has 9 heteroatoms. The summed E-state index contributed by atoms with van der Waals surface area (Å²) < 4.78 is 26.1. The van der Waals surface area contributed by atoms with Crippen LogP contribution >= 0.6 is 0 Å². The van der Waals surface area contributed by atoms with Crippen LogP contribution in [0.25, 0.3) is 0 Å². The maximum Gasteiger partial charge on any atom is 0.0701 e. The molecule has 0 aromatic rings. The number of hydroxylamine groups is 2. The van der Waals surface area contributed by atoms with Gasteiger partial charge in [-0.15, -0.1) is 0 Å². The molecule has 128 valence electrons. The largest absolute Gasteiger partial charge is 0.378 e. The number of hydrogen-bond donors (Lipinski definition) is 4. The minimum absolute atomic E-state index is 0.409. The van der Waals surface area contributed by atoms with E-state index in [-0.39, 0.29) is 0 Å². The van der Waals surface area contributed by atoms with Gasteiger partial charge in [0.15, 0.2) is 0 Å². The molecule has 4 N–H and O–H groups in total. The van der Waals surface area contributed by atoms with Gasteiger partial charge in [0.2, 0.25) is 0 Å². The molecule has 0 atom stereocenters. The van der Waals surface area contributed by atoms with Gasteiger partial charge in [-0.3, -0.25) is 0 Å². The molecule has 0 aliphatic heterocycles. The van der Waals surface area contributed by atoms with Crippen LogP contribution in [0.5, 0.6) is 0 Å². The molecule has 0 saturated heterocycles. The van der Waals surface area contributed by atoms with E-state index in [1.165, 1.54) is 0 Å². The van der Waals surface area contributed by atoms with Gasteiger partial charge in [-0.25, -0.2) is 11.0 Å². The van der Waals surface area contributed by atoms with Crippen molar-refractivity contribution in [2.45, 2.75) is 0 Å². The van der Waals surface area contributed by atoms with E-state index in [0.29, 0.717) is 79.2 Å². The highest BCUT2D eigenvalue weighted by Gasteiger charge is 1.93. The SMILES string of the molecule is ONCCOCCOCCOCCOCCOCCNO. The molecule has 9 nitrogen and oxygen atoms in total. The molecule has 0 amide bonds. The third kappa shape index (κ3) is 19.6. The second-order valence-corrected chi connectivity index (χ2v) is 3.88. The molecular weight excluding hydrogens is 284 g/mol. The zero-order valence-corrected chi connectivity index (χ0v) is 12.4. The summed E-state index contributed by atoms with van der Waals surface area (Å²) in [6.07, 6.45) is 0. The van der Waals surface area contributed by atoms with Gasteiger partial charge in [0.05, 0.1) is 66.1 Å². The van der Waals surface area contributed by atoms with Crippen molar-refractivity contribution in [1.82, 2.24) is 11.0 Å². The predicted octanol–water partition coefficient (Wildman–Crippen LogP) is -0.973. The Morgan fingerprint density at radius 2 is 0.667 bits per heavy atom. The highest BCUT2D eigenvalue weighted by Crippen LogP contribution is 1.83. The Morgan fingerprint density at radius 3 is 0.905 bits per heavy atom. The molecular formula is C12H28N2O7. The van der Waals surface area contributed by atoms with Gasteiger partial charge in [0, 0.05) is 13.1 Å². The van der Waals surface area contributed by atoms with Crippen molar-refractivity contribution < 1.29 is 34.1 Å². The first-order valence-corrected chi connectivity index (χ1v) is 7.04. The molecule has 0 heterocycles. The molecule has 0 unspecified atom stereocenters. The lowest BCUT2D eigenvalue weighted by molar-refractivity contribution is -0.0132. The van der Waals surface area contributed by atoms with E-state index in [9.17, 15) is 0 Å². The Labute approximate surface area is 125 Å². The van der Waals surface area contributed by atoms with Crippen LogP contribution in [0.2, 0.25) is 0 Å². The van der Waals surface area contributed by atoms with Gasteiger partial charge >= 0.3 is 0 Å². The fraction of sp³-hybridized carbons (Fsp3) is 1.00. The minimum Gasteiger partial charge on any atom is -0.378 e. The van der Waals surface area contributed by atoms with Crippen LogP contribution in [0.1, 0.15) is 0 Å². The van der Waals surface area contributed by atoms with Crippen LogP contribution in [-0.2, 0) is 23.7 Å². The second kappa shape index (κ2) is 19.6. The van der Waals surface area contributed by atoms with Crippen molar-refractivity contribution in [3.8, 4) is 0 Å². The van der Waals surface area contributed by atoms with Gasteiger partial charge in [0.25, 0.3) is 0 Å². The Morgan fingerprint density at radius 1 is 0.429 bits per heavy atom. The molecule has 0 spiro atoms. The predicted molar refractivity (Wildman–Crippen MR) is 73.7 cm³/mol. The van der Waals surface area contributed by atoms with Gasteiger partial charge in [-0.1, -0.05) is 0 Å². The lowest BCUT2D eigenvalue weighted by atomic mass is 10.6. The zero-order valence-electron chi connectivity index (χ0n) is 12.4. The van der Waals surface area contributed by atoms with Crippen molar-refractivity contribution in [3.05, 3.63) is 0 Å². The summed E-state index contributed by atoms with van der Waals surface area (Å²) in [4.78, 5) is 0. The van der Waals surface area contributed by atoms with Crippen molar-refractivity contribution in [1.29, 1.82) is 0 Å². The summed E-state index contributed by atoms with van der Waals surface area (Å²) in [5, 5.41) is 16.6. The van der Waals surface area contributed by atoms with Gasteiger partial charge in [0.1, 0.15) is 0 Å². The highest BCUT2D eigenvalue weighted by atomic mass is 16.6. The topological polar surface area (TPSA) is 111 Å². The average Bonchev–Trinajstić information content (AvgIpc) is 2.50. The molecule has 0 aliphatic rings. The molecule has 0 aromatic carbocycles. The summed E-state index contributed by atoms with van der Waals surface area (Å²) in [5.41, 5.74) is 4.00. The van der Waals surface area contributed by atoms with Gasteiger partial charge < -0.3 is 34.1 Å². The van der Waals surface area contributed by atoms with Crippen LogP contribution < -0.4 is 11.0 Å². The summed E-state index contributed by atoms with van der Waals surface area (Å²) >= 11 is 0. The molecule has 0 aliphatic carbocycles. The Kier molecular flexibility index (Phi) is 19.3. The molecule has 21 heavy (non-hydrogen) atoms. The summed E-state index contributed by atoms with van der Waals surface area (Å²) in [7, 11) is 0. The fourth-order valence-corrected chi connectivity index (χ4v) is 1.22. The van der Waals surface area contributed by atoms with Crippen molar-refractivity contribution in [2.75, 3.05) is 79.2 Å². The monoisotopic (exact) mass is 312 g/mol. The average molecular weight is 312 g/mol. The van der Waals surface area contributed by atoms with E-state index in [2.05, 4.69) is 0 Å². The third-order valence-corrected chi connectivity index (χ3v) is 2.20. The van der Waals surface area contributed by atoms with Crippen molar-refractivity contribution >= 4 is 0 Å². The van der Waals surface area contributed by atoms with Crippen molar-refractivity contribution in [2.24, 2.45) is 0 Å². The maximum absolute atomic E-state index is 8.29. The fourth-order valence-electron chi connectivity index (χ4n) is 1.22. The first kappa shape index (κ1) is 20.6. The van der Waals surface area contributed by atoms with E-state index in [0.717, 1.165) is 0 Å². The van der Waals surface area contributed by atoms with Crippen molar-refractivity contribution in [3.63, 3.8) is 0 Å². The Balaban J connectivity index is 2.90. The highest BCUT2D eigenvalue weighted by molar-refractivity contribution is 4.37. The maximum atomic E-state index is 8.29. The number of ether oxygens (including phenoxy) is 5. The van der Waals surface area contributed by atoms with E-state index >= 15 is 0 Å². The standard InChI is InChI=1S/C12H28N2O7/c15-13-1-3-17-5-7-19-9-11-21-12-10-20-8-6-18-4-2-14-16/h13-16H,1-12H2. The van der Waals surface area contributed by atoms with E-state index in [1.54, 1.807) is 0 Å². The van der Waals surface area contributed by atoms with Gasteiger partial charge in [-0.2, -0.15) is 0 Å². The normalized spacial score (nSPS) is 11.1. The quantitative estimate of drug-likeness (QED) is 0.188. The summed E-state index contributed by atoms with van der Waals surface area (Å²) in [5.74, 6) is 0. The van der Waals surface area contributed by atoms with Gasteiger partial charge in [-0.05, 0) is 0 Å². The van der Waals surface area contributed by atoms with Crippen LogP contribution in [0.15, 0.2) is 0 Å². The number of nitrogens with one attached hydrogen (secondary N) is 2. The van der Waals surface area contributed by atoms with E-state index < -0.39 is 0 Å². The second-order valence-electron chi connectivity index (χ2n) is 3.88. The number of hydrogen-bond acceptors (Lipinski definition) is 9. The van der Waals surface area contributed by atoms with Crippen LogP contribution in [-0.4, -0.2) is 89.6 Å². The Bertz CT molecular complexity index is 171. The summed E-state index contributed by atoms with van der Waals surface area (Å²) in [6, 6.07) is 0. The van der Waals surface area contributed by atoms with E-state index in [1.807, 2.05) is 11.0 Å². The van der Waals surface area contributed by atoms with Crippen LogP contribution in [0.3, 0.4) is 0 Å². The molecule has 0 rings (SSSR count). The first-order valence-electron chi connectivity index (χ1n) is 7.04. The molecule has 0 bridgehead atoms. The summed E-state index contributed by atoms with van der Waals surface area (Å²) in [6.45, 7) is 5.78. The molecule has 0 aromatic heterocycles.